The van der Waals surface area contributed by atoms with Crippen LogP contribution >= 0.6 is 23.2 Å². The molecule has 1 aliphatic rings. The maximum atomic E-state index is 12.9. The fourth-order valence-corrected chi connectivity index (χ4v) is 4.84. The summed E-state index contributed by atoms with van der Waals surface area (Å²) in [6, 6.07) is 8.94. The van der Waals surface area contributed by atoms with E-state index in [2.05, 4.69) is 5.32 Å². The molecule has 0 aromatic heterocycles. The number of ether oxygens (including phenoxy) is 2. The molecule has 1 fully saturated rings. The molecule has 7 nitrogen and oxygen atoms in total. The molecule has 2 aromatic carbocycles. The van der Waals surface area contributed by atoms with Gasteiger partial charge in [-0.2, -0.15) is 4.31 Å². The zero-order valence-corrected chi connectivity index (χ0v) is 17.3. The van der Waals surface area contributed by atoms with Crippen molar-refractivity contribution in [2.24, 2.45) is 0 Å². The third-order valence-corrected chi connectivity index (χ3v) is 6.80. The van der Waals surface area contributed by atoms with E-state index in [1.165, 1.54) is 35.7 Å². The number of amides is 1. The maximum absolute atomic E-state index is 12.9. The van der Waals surface area contributed by atoms with Gasteiger partial charge < -0.3 is 14.8 Å². The molecule has 1 saturated heterocycles. The van der Waals surface area contributed by atoms with Gasteiger partial charge in [-0.3, -0.25) is 4.79 Å². The van der Waals surface area contributed by atoms with E-state index < -0.39 is 15.9 Å². The van der Waals surface area contributed by atoms with Crippen molar-refractivity contribution in [1.29, 1.82) is 0 Å². The minimum atomic E-state index is -3.81. The summed E-state index contributed by atoms with van der Waals surface area (Å²) in [6.07, 6.45) is 0. The van der Waals surface area contributed by atoms with Crippen LogP contribution < -0.4 is 10.1 Å². The van der Waals surface area contributed by atoms with Crippen molar-refractivity contribution in [3.63, 3.8) is 0 Å². The van der Waals surface area contributed by atoms with Crippen LogP contribution in [0, 0.1) is 0 Å². The number of morpholine rings is 1. The summed E-state index contributed by atoms with van der Waals surface area (Å²) in [5, 5.41) is 3.11. The van der Waals surface area contributed by atoms with Crippen molar-refractivity contribution in [3.05, 3.63) is 52.0 Å². The highest BCUT2D eigenvalue weighted by Crippen LogP contribution is 2.29. The molecular weight excluding hydrogens is 427 g/mol. The fourth-order valence-electron chi connectivity index (χ4n) is 2.76. The number of sulfonamides is 1. The van der Waals surface area contributed by atoms with Gasteiger partial charge in [0.05, 0.1) is 30.9 Å². The smallest absolute Gasteiger partial charge is 0.259 e. The van der Waals surface area contributed by atoms with Gasteiger partial charge in [-0.15, -0.1) is 0 Å². The summed E-state index contributed by atoms with van der Waals surface area (Å²) < 4.78 is 37.5. The molecule has 0 aliphatic carbocycles. The number of benzene rings is 2. The van der Waals surface area contributed by atoms with Crippen LogP contribution in [0.1, 0.15) is 10.4 Å². The number of carbonyl (C=O) groups is 1. The molecule has 1 heterocycles. The Hall–Kier alpha value is -1.84. The number of halogens is 2. The number of nitrogens with zero attached hydrogens (tertiary/aromatic N) is 1. The molecule has 28 heavy (non-hydrogen) atoms. The molecule has 1 amide bonds. The average molecular weight is 445 g/mol. The number of hydrogen-bond donors (Lipinski definition) is 1. The van der Waals surface area contributed by atoms with Crippen molar-refractivity contribution < 1.29 is 22.7 Å². The van der Waals surface area contributed by atoms with Gasteiger partial charge >= 0.3 is 0 Å². The molecule has 0 spiro atoms. The summed E-state index contributed by atoms with van der Waals surface area (Å²) in [7, 11) is -2.37. The Morgan fingerprint density at radius 1 is 1.14 bits per heavy atom. The second kappa shape index (κ2) is 8.67. The minimum Gasteiger partial charge on any atom is -0.496 e. The third kappa shape index (κ3) is 4.42. The largest absolute Gasteiger partial charge is 0.496 e. The third-order valence-electron chi connectivity index (χ3n) is 4.18. The lowest BCUT2D eigenvalue weighted by Gasteiger charge is -2.26. The highest BCUT2D eigenvalue weighted by molar-refractivity contribution is 7.89. The first-order valence-electron chi connectivity index (χ1n) is 8.35. The van der Waals surface area contributed by atoms with E-state index in [0.29, 0.717) is 24.0 Å². The predicted molar refractivity (Wildman–Crippen MR) is 107 cm³/mol. The molecule has 10 heteroatoms. The van der Waals surface area contributed by atoms with Crippen LogP contribution in [-0.4, -0.2) is 52.0 Å². The quantitative estimate of drug-likeness (QED) is 0.764. The Kier molecular flexibility index (Phi) is 6.47. The summed E-state index contributed by atoms with van der Waals surface area (Å²) in [5.41, 5.74) is 0.505. The number of rotatable bonds is 5. The highest BCUT2D eigenvalue weighted by atomic mass is 35.5. The zero-order chi connectivity index (χ0) is 20.3. The highest BCUT2D eigenvalue weighted by Gasteiger charge is 2.28. The first-order chi connectivity index (χ1) is 13.3. The van der Waals surface area contributed by atoms with Crippen LogP contribution in [0.4, 0.5) is 5.69 Å². The Morgan fingerprint density at radius 2 is 1.86 bits per heavy atom. The Balaban J connectivity index is 1.89. The van der Waals surface area contributed by atoms with Crippen molar-refractivity contribution in [2.45, 2.75) is 4.90 Å². The number of anilines is 1. The van der Waals surface area contributed by atoms with Crippen molar-refractivity contribution >= 4 is 44.8 Å². The molecule has 3 rings (SSSR count). The van der Waals surface area contributed by atoms with Crippen LogP contribution in [0.15, 0.2) is 41.3 Å². The lowest BCUT2D eigenvalue weighted by atomic mass is 10.2. The zero-order valence-electron chi connectivity index (χ0n) is 14.9. The molecule has 0 atom stereocenters. The summed E-state index contributed by atoms with van der Waals surface area (Å²) in [5.74, 6) is -0.145. The van der Waals surface area contributed by atoms with E-state index >= 15 is 0 Å². The van der Waals surface area contributed by atoms with Gasteiger partial charge in [0.1, 0.15) is 10.6 Å². The Morgan fingerprint density at radius 3 is 2.54 bits per heavy atom. The fraction of sp³-hybridized carbons (Fsp3) is 0.278. The molecule has 0 radical (unpaired) electrons. The van der Waals surface area contributed by atoms with E-state index in [-0.39, 0.29) is 34.3 Å². The van der Waals surface area contributed by atoms with Gasteiger partial charge in [0.25, 0.3) is 5.91 Å². The van der Waals surface area contributed by atoms with E-state index in [1.807, 2.05) is 0 Å². The maximum Gasteiger partial charge on any atom is 0.259 e. The van der Waals surface area contributed by atoms with E-state index in [9.17, 15) is 13.2 Å². The number of nitrogens with one attached hydrogen (secondary N) is 1. The van der Waals surface area contributed by atoms with Gasteiger partial charge in [0, 0.05) is 23.8 Å². The summed E-state index contributed by atoms with van der Waals surface area (Å²) in [4.78, 5) is 12.6. The molecular formula is C18H18Cl2N2O5S. The van der Waals surface area contributed by atoms with Crippen LogP contribution in [0.5, 0.6) is 5.75 Å². The summed E-state index contributed by atoms with van der Waals surface area (Å²) in [6.45, 7) is 1.13. The normalized spacial score (nSPS) is 15.2. The molecule has 1 aliphatic heterocycles. The average Bonchev–Trinajstić information content (AvgIpc) is 2.70. The standard InChI is InChI=1S/C18H18Cl2N2O5S/c1-26-16-5-2-12(19)10-14(16)18(23)21-13-3-4-15(20)17(11-13)28(24,25)22-6-8-27-9-7-22/h2-5,10-11H,6-9H2,1H3,(H,21,23). The van der Waals surface area contributed by atoms with Crippen LogP contribution in [0.25, 0.3) is 0 Å². The summed E-state index contributed by atoms with van der Waals surface area (Å²) >= 11 is 12.1. The molecule has 0 bridgehead atoms. The molecule has 0 saturated carbocycles. The van der Waals surface area contributed by atoms with Gasteiger partial charge in [0.15, 0.2) is 0 Å². The van der Waals surface area contributed by atoms with Crippen LogP contribution in [0.3, 0.4) is 0 Å². The molecule has 1 N–H and O–H groups in total. The van der Waals surface area contributed by atoms with Gasteiger partial charge in [-0.05, 0) is 36.4 Å². The van der Waals surface area contributed by atoms with E-state index in [1.54, 1.807) is 12.1 Å². The number of hydrogen-bond acceptors (Lipinski definition) is 5. The molecule has 0 unspecified atom stereocenters. The van der Waals surface area contributed by atoms with E-state index in [4.69, 9.17) is 32.7 Å². The van der Waals surface area contributed by atoms with Gasteiger partial charge in [0.2, 0.25) is 10.0 Å². The van der Waals surface area contributed by atoms with Gasteiger partial charge in [-0.25, -0.2) is 8.42 Å². The first kappa shape index (κ1) is 20.9. The monoisotopic (exact) mass is 444 g/mol. The topological polar surface area (TPSA) is 84.9 Å². The van der Waals surface area contributed by atoms with Crippen LogP contribution in [-0.2, 0) is 14.8 Å². The number of methoxy groups -OCH3 is 1. The van der Waals surface area contributed by atoms with Crippen LogP contribution in [0.2, 0.25) is 10.0 Å². The lowest BCUT2D eigenvalue weighted by Crippen LogP contribution is -2.40. The number of carbonyl (C=O) groups excluding carboxylic acids is 1. The minimum absolute atomic E-state index is 0.0739. The SMILES string of the molecule is COc1ccc(Cl)cc1C(=O)Nc1ccc(Cl)c(S(=O)(=O)N2CCOCC2)c1. The molecule has 150 valence electrons. The molecule has 2 aromatic rings. The second-order valence-electron chi connectivity index (χ2n) is 5.96. The Bertz CT molecular complexity index is 991. The lowest BCUT2D eigenvalue weighted by molar-refractivity contribution is 0.0730. The van der Waals surface area contributed by atoms with E-state index in [0.717, 1.165) is 0 Å². The predicted octanol–water partition coefficient (Wildman–Crippen LogP) is 3.28. The van der Waals surface area contributed by atoms with Crippen molar-refractivity contribution in [2.75, 3.05) is 38.7 Å². The first-order valence-corrected chi connectivity index (χ1v) is 10.5. The second-order valence-corrected chi connectivity index (χ2v) is 8.71. The van der Waals surface area contributed by atoms with Crippen molar-refractivity contribution in [1.82, 2.24) is 4.31 Å². The Labute approximate surface area is 173 Å². The van der Waals surface area contributed by atoms with Gasteiger partial charge in [-0.1, -0.05) is 23.2 Å². The van der Waals surface area contributed by atoms with Crippen molar-refractivity contribution in [3.8, 4) is 5.75 Å².